The Balaban J connectivity index is 1.90. The van der Waals surface area contributed by atoms with Crippen LogP contribution in [0.25, 0.3) is 5.57 Å². The van der Waals surface area contributed by atoms with Crippen molar-refractivity contribution in [3.63, 3.8) is 0 Å². The minimum absolute atomic E-state index is 0.0456. The number of carbonyl (C=O) groups is 1. The number of likely N-dealkylation sites (N-methyl/N-ethyl adjacent to an activating group) is 1. The van der Waals surface area contributed by atoms with E-state index < -0.39 is 15.9 Å². The van der Waals surface area contributed by atoms with Crippen LogP contribution in [0, 0.1) is 5.82 Å². The Morgan fingerprint density at radius 1 is 1.26 bits per heavy atom. The van der Waals surface area contributed by atoms with Gasteiger partial charge in [0.15, 0.2) is 9.84 Å². The fourth-order valence-electron chi connectivity index (χ4n) is 3.71. The first kappa shape index (κ1) is 21.1. The van der Waals surface area contributed by atoms with E-state index in [4.69, 9.17) is 4.99 Å². The molecule has 0 fully saturated rings. The van der Waals surface area contributed by atoms with E-state index in [0.717, 1.165) is 23.0 Å². The van der Waals surface area contributed by atoms with Crippen molar-refractivity contribution in [2.45, 2.75) is 18.7 Å². The zero-order valence-corrected chi connectivity index (χ0v) is 18.1. The molecule has 0 aliphatic carbocycles. The third-order valence-corrected chi connectivity index (χ3v) is 7.12. The molecule has 4 rings (SSSR count). The molecule has 1 aromatic carbocycles. The molecule has 0 saturated carbocycles. The SMILES string of the molecule is CCS(=O)(=O)Cc1cnc2c(c1)C1=CN(C)C(C=O)C=C1CN=C2c1ccc(F)cc1. The number of rotatable bonds is 5. The summed E-state index contributed by atoms with van der Waals surface area (Å²) in [7, 11) is -1.42. The molecule has 1 aromatic heterocycles. The predicted molar refractivity (Wildman–Crippen MR) is 118 cm³/mol. The highest BCUT2D eigenvalue weighted by Crippen LogP contribution is 2.34. The lowest BCUT2D eigenvalue weighted by molar-refractivity contribution is -0.110. The van der Waals surface area contributed by atoms with Crippen LogP contribution in [-0.4, -0.2) is 55.7 Å². The van der Waals surface area contributed by atoms with Crippen molar-refractivity contribution in [1.29, 1.82) is 0 Å². The number of hydrogen-bond donors (Lipinski definition) is 0. The van der Waals surface area contributed by atoms with Crippen LogP contribution in [0.15, 0.2) is 59.4 Å². The Morgan fingerprint density at radius 3 is 2.68 bits per heavy atom. The van der Waals surface area contributed by atoms with Gasteiger partial charge in [0.25, 0.3) is 0 Å². The number of sulfone groups is 1. The van der Waals surface area contributed by atoms with E-state index in [1.165, 1.54) is 12.1 Å². The van der Waals surface area contributed by atoms with Crippen LogP contribution in [0.2, 0.25) is 0 Å². The Morgan fingerprint density at radius 2 is 2.00 bits per heavy atom. The topological polar surface area (TPSA) is 79.7 Å². The van der Waals surface area contributed by atoms with Gasteiger partial charge in [-0.2, -0.15) is 0 Å². The van der Waals surface area contributed by atoms with Gasteiger partial charge in [-0.1, -0.05) is 6.92 Å². The van der Waals surface area contributed by atoms with Gasteiger partial charge in [-0.15, -0.1) is 0 Å². The number of pyridine rings is 1. The summed E-state index contributed by atoms with van der Waals surface area (Å²) in [6, 6.07) is 7.45. The van der Waals surface area contributed by atoms with Gasteiger partial charge in [-0.05, 0) is 47.5 Å². The molecular formula is C23H22FN3O3S. The summed E-state index contributed by atoms with van der Waals surface area (Å²) in [4.78, 5) is 22.6. The summed E-state index contributed by atoms with van der Waals surface area (Å²) in [5, 5.41) is 0. The monoisotopic (exact) mass is 439 g/mol. The maximum absolute atomic E-state index is 13.5. The molecule has 0 N–H and O–H groups in total. The molecule has 2 aromatic rings. The molecule has 160 valence electrons. The summed E-state index contributed by atoms with van der Waals surface area (Å²) >= 11 is 0. The molecule has 0 bridgehead atoms. The fraction of sp³-hybridized carbons (Fsp3) is 0.261. The number of aldehydes is 1. The highest BCUT2D eigenvalue weighted by atomic mass is 32.2. The third kappa shape index (κ3) is 4.20. The molecule has 3 heterocycles. The van der Waals surface area contributed by atoms with Crippen molar-refractivity contribution in [3.8, 4) is 0 Å². The van der Waals surface area contributed by atoms with Crippen molar-refractivity contribution in [3.05, 3.63) is 82.6 Å². The molecule has 0 amide bonds. The van der Waals surface area contributed by atoms with Crippen molar-refractivity contribution in [1.82, 2.24) is 9.88 Å². The second kappa shape index (κ2) is 8.19. The second-order valence-corrected chi connectivity index (χ2v) is 9.97. The van der Waals surface area contributed by atoms with Gasteiger partial charge in [0.1, 0.15) is 18.1 Å². The fourth-order valence-corrected chi connectivity index (χ4v) is 4.58. The van der Waals surface area contributed by atoms with E-state index in [1.54, 1.807) is 30.2 Å². The summed E-state index contributed by atoms with van der Waals surface area (Å²) < 4.78 is 37.8. The maximum atomic E-state index is 13.5. The minimum Gasteiger partial charge on any atom is -0.367 e. The van der Waals surface area contributed by atoms with Crippen LogP contribution < -0.4 is 0 Å². The lowest BCUT2D eigenvalue weighted by Crippen LogP contribution is -2.30. The molecule has 1 unspecified atom stereocenters. The van der Waals surface area contributed by atoms with Gasteiger partial charge in [-0.3, -0.25) is 9.98 Å². The number of halogens is 1. The normalized spacial score (nSPS) is 18.2. The smallest absolute Gasteiger partial charge is 0.154 e. The average Bonchev–Trinajstić information content (AvgIpc) is 2.90. The van der Waals surface area contributed by atoms with Crippen LogP contribution in [-0.2, 0) is 20.4 Å². The van der Waals surface area contributed by atoms with E-state index in [1.807, 2.05) is 25.4 Å². The number of fused-ring (bicyclic) bond motifs is 3. The molecule has 2 aliphatic rings. The first-order chi connectivity index (χ1) is 14.8. The first-order valence-electron chi connectivity index (χ1n) is 9.92. The Hall–Kier alpha value is -3.13. The lowest BCUT2D eigenvalue weighted by Gasteiger charge is -2.27. The van der Waals surface area contributed by atoms with Crippen LogP contribution in [0.1, 0.15) is 29.3 Å². The van der Waals surface area contributed by atoms with Crippen LogP contribution >= 0.6 is 0 Å². The molecule has 8 heteroatoms. The van der Waals surface area contributed by atoms with Crippen LogP contribution in [0.4, 0.5) is 4.39 Å². The molecule has 0 spiro atoms. The Labute approximate surface area is 180 Å². The number of aliphatic imine (C=N–C) groups is 1. The van der Waals surface area contributed by atoms with Crippen LogP contribution in [0.3, 0.4) is 0 Å². The molecular weight excluding hydrogens is 417 g/mol. The number of aromatic nitrogens is 1. The number of carbonyl (C=O) groups excluding carboxylic acids is 1. The Bertz CT molecular complexity index is 1230. The van der Waals surface area contributed by atoms with Gasteiger partial charge in [0, 0.05) is 41.9 Å². The summed E-state index contributed by atoms with van der Waals surface area (Å²) in [6.45, 7) is 1.94. The van der Waals surface area contributed by atoms with E-state index >= 15 is 0 Å². The summed E-state index contributed by atoms with van der Waals surface area (Å²) in [6.07, 6.45) is 6.15. The quantitative estimate of drug-likeness (QED) is 0.670. The average molecular weight is 440 g/mol. The van der Waals surface area contributed by atoms with Crippen molar-refractivity contribution >= 4 is 27.4 Å². The van der Waals surface area contributed by atoms with Gasteiger partial charge in [0.05, 0.1) is 23.7 Å². The van der Waals surface area contributed by atoms with E-state index in [9.17, 15) is 17.6 Å². The third-order valence-electron chi connectivity index (χ3n) is 5.47. The summed E-state index contributed by atoms with van der Waals surface area (Å²) in [5.41, 5.74) is 4.95. The number of nitrogens with zero attached hydrogens (tertiary/aromatic N) is 3. The van der Waals surface area contributed by atoms with Crippen molar-refractivity contribution < 1.29 is 17.6 Å². The Kier molecular flexibility index (Phi) is 5.58. The van der Waals surface area contributed by atoms with Crippen molar-refractivity contribution in [2.24, 2.45) is 4.99 Å². The molecule has 1 atom stereocenters. The molecule has 0 radical (unpaired) electrons. The minimum atomic E-state index is -3.23. The van der Waals surface area contributed by atoms with Gasteiger partial charge < -0.3 is 9.69 Å². The van der Waals surface area contributed by atoms with Crippen LogP contribution in [0.5, 0.6) is 0 Å². The second-order valence-electron chi connectivity index (χ2n) is 7.61. The predicted octanol–water partition coefficient (Wildman–Crippen LogP) is 2.79. The largest absolute Gasteiger partial charge is 0.367 e. The van der Waals surface area contributed by atoms with E-state index in [2.05, 4.69) is 4.98 Å². The standard InChI is InChI=1S/C23H22FN3O3S/c1-3-31(29,30)14-15-8-20-21-12-27(2)19(13-28)9-17(21)11-26-22(23(20)25-10-15)16-4-6-18(24)7-5-16/h4-10,12-13,19H,3,11,14H2,1-2H3. The van der Waals surface area contributed by atoms with Gasteiger partial charge >= 0.3 is 0 Å². The molecule has 2 aliphatic heterocycles. The molecule has 0 saturated heterocycles. The zero-order valence-electron chi connectivity index (χ0n) is 17.2. The van der Waals surface area contributed by atoms with Gasteiger partial charge in [-0.25, -0.2) is 12.8 Å². The van der Waals surface area contributed by atoms with E-state index in [-0.39, 0.29) is 17.3 Å². The van der Waals surface area contributed by atoms with E-state index in [0.29, 0.717) is 29.1 Å². The lowest BCUT2D eigenvalue weighted by atomic mass is 9.91. The molecule has 31 heavy (non-hydrogen) atoms. The number of hydrogen-bond acceptors (Lipinski definition) is 6. The zero-order chi connectivity index (χ0) is 22.2. The first-order valence-corrected chi connectivity index (χ1v) is 11.7. The summed E-state index contributed by atoms with van der Waals surface area (Å²) in [5.74, 6) is -0.406. The van der Waals surface area contributed by atoms with Gasteiger partial charge in [0.2, 0.25) is 0 Å². The highest BCUT2D eigenvalue weighted by Gasteiger charge is 2.27. The van der Waals surface area contributed by atoms with Crippen molar-refractivity contribution in [2.75, 3.05) is 19.3 Å². The maximum Gasteiger partial charge on any atom is 0.154 e. The number of benzene rings is 1. The molecule has 6 nitrogen and oxygen atoms in total. The highest BCUT2D eigenvalue weighted by molar-refractivity contribution is 7.90.